The standard InChI is InChI=1S/C23H23N3O3S/c1-3-29-17-6-4-5-16(11-17)18-12-19(27)24-21-20(18)22(28)26-23(25-21)30-13-15-9-7-14(2)8-10-15/h4-11,18H,3,12-13H2,1-2H3,(H2,24,25,26,27,28)/t18-/m1/s1. The highest BCUT2D eigenvalue weighted by Crippen LogP contribution is 2.35. The number of nitrogens with one attached hydrogen (secondary N) is 2. The average Bonchev–Trinajstić information content (AvgIpc) is 2.73. The van der Waals surface area contributed by atoms with E-state index in [0.717, 1.165) is 16.9 Å². The first-order valence-electron chi connectivity index (χ1n) is 9.88. The fourth-order valence-electron chi connectivity index (χ4n) is 3.53. The SMILES string of the molecule is CCOc1cccc([C@H]2CC(=O)Nc3nc(SCc4ccc(C)cc4)[nH]c(=O)c32)c1. The van der Waals surface area contributed by atoms with Gasteiger partial charge in [0.2, 0.25) is 5.91 Å². The molecule has 0 saturated carbocycles. The Kier molecular flexibility index (Phi) is 5.90. The van der Waals surface area contributed by atoms with Crippen LogP contribution in [-0.4, -0.2) is 22.5 Å². The average molecular weight is 422 g/mol. The number of nitrogens with zero attached hydrogens (tertiary/aromatic N) is 1. The van der Waals surface area contributed by atoms with E-state index < -0.39 is 0 Å². The van der Waals surface area contributed by atoms with E-state index in [2.05, 4.69) is 39.6 Å². The van der Waals surface area contributed by atoms with Gasteiger partial charge in [0.25, 0.3) is 5.56 Å². The minimum absolute atomic E-state index is 0.151. The van der Waals surface area contributed by atoms with Crippen LogP contribution in [0.25, 0.3) is 0 Å². The van der Waals surface area contributed by atoms with Crippen LogP contribution in [0.1, 0.15) is 41.5 Å². The summed E-state index contributed by atoms with van der Waals surface area (Å²) in [5.41, 5.74) is 3.47. The Morgan fingerprint density at radius 3 is 2.73 bits per heavy atom. The lowest BCUT2D eigenvalue weighted by atomic mass is 9.87. The molecule has 1 aliphatic heterocycles. The number of anilines is 1. The van der Waals surface area contributed by atoms with Crippen molar-refractivity contribution in [2.45, 2.75) is 37.1 Å². The fourth-order valence-corrected chi connectivity index (χ4v) is 4.34. The van der Waals surface area contributed by atoms with Gasteiger partial charge in [-0.2, -0.15) is 0 Å². The van der Waals surface area contributed by atoms with Gasteiger partial charge in [-0.05, 0) is 37.1 Å². The molecule has 1 amide bonds. The van der Waals surface area contributed by atoms with Crippen LogP contribution < -0.4 is 15.6 Å². The minimum Gasteiger partial charge on any atom is -0.494 e. The summed E-state index contributed by atoms with van der Waals surface area (Å²) in [6, 6.07) is 15.8. The maximum atomic E-state index is 13.0. The van der Waals surface area contributed by atoms with Gasteiger partial charge in [-0.15, -0.1) is 0 Å². The van der Waals surface area contributed by atoms with Crippen molar-refractivity contribution in [2.24, 2.45) is 0 Å². The van der Waals surface area contributed by atoms with Gasteiger partial charge in [-0.3, -0.25) is 9.59 Å². The molecule has 7 heteroatoms. The number of rotatable bonds is 6. The number of hydrogen-bond acceptors (Lipinski definition) is 5. The van der Waals surface area contributed by atoms with E-state index in [-0.39, 0.29) is 23.8 Å². The van der Waals surface area contributed by atoms with E-state index >= 15 is 0 Å². The monoisotopic (exact) mass is 421 g/mol. The van der Waals surface area contributed by atoms with Crippen LogP contribution in [0.15, 0.2) is 58.5 Å². The van der Waals surface area contributed by atoms with Crippen molar-refractivity contribution in [3.05, 3.63) is 81.1 Å². The lowest BCUT2D eigenvalue weighted by Crippen LogP contribution is -2.31. The minimum atomic E-state index is -0.360. The maximum absolute atomic E-state index is 13.0. The molecule has 1 aliphatic rings. The van der Waals surface area contributed by atoms with E-state index in [9.17, 15) is 9.59 Å². The third kappa shape index (κ3) is 4.41. The smallest absolute Gasteiger partial charge is 0.257 e. The summed E-state index contributed by atoms with van der Waals surface area (Å²) in [4.78, 5) is 32.7. The van der Waals surface area contributed by atoms with Crippen LogP contribution in [-0.2, 0) is 10.5 Å². The Hall–Kier alpha value is -3.06. The second-order valence-electron chi connectivity index (χ2n) is 7.22. The van der Waals surface area contributed by atoms with E-state index in [4.69, 9.17) is 4.74 Å². The number of hydrogen-bond donors (Lipinski definition) is 2. The molecule has 1 atom stereocenters. The molecule has 0 spiro atoms. The highest BCUT2D eigenvalue weighted by molar-refractivity contribution is 7.98. The molecule has 30 heavy (non-hydrogen) atoms. The lowest BCUT2D eigenvalue weighted by Gasteiger charge is -2.24. The summed E-state index contributed by atoms with van der Waals surface area (Å²) >= 11 is 1.44. The lowest BCUT2D eigenvalue weighted by molar-refractivity contribution is -0.116. The highest BCUT2D eigenvalue weighted by Gasteiger charge is 2.31. The summed E-state index contributed by atoms with van der Waals surface area (Å²) in [7, 11) is 0. The van der Waals surface area contributed by atoms with Crippen molar-refractivity contribution in [3.8, 4) is 5.75 Å². The van der Waals surface area contributed by atoms with Crippen molar-refractivity contribution in [3.63, 3.8) is 0 Å². The van der Waals surface area contributed by atoms with E-state index in [1.165, 1.54) is 17.3 Å². The first-order chi connectivity index (χ1) is 14.5. The topological polar surface area (TPSA) is 84.1 Å². The van der Waals surface area contributed by atoms with Crippen LogP contribution >= 0.6 is 11.8 Å². The zero-order chi connectivity index (χ0) is 21.1. The number of H-pyrrole nitrogens is 1. The molecule has 0 bridgehead atoms. The van der Waals surface area contributed by atoms with Gasteiger partial charge < -0.3 is 15.0 Å². The van der Waals surface area contributed by atoms with Gasteiger partial charge in [0.15, 0.2) is 5.16 Å². The number of amides is 1. The summed E-state index contributed by atoms with van der Waals surface area (Å²) in [5, 5.41) is 3.26. The van der Waals surface area contributed by atoms with Crippen LogP contribution in [0.2, 0.25) is 0 Å². The van der Waals surface area contributed by atoms with E-state index in [0.29, 0.717) is 28.9 Å². The van der Waals surface area contributed by atoms with Gasteiger partial charge in [0, 0.05) is 18.1 Å². The summed E-state index contributed by atoms with van der Waals surface area (Å²) in [6.45, 7) is 4.51. The predicted octanol–water partition coefficient (Wildman–Crippen LogP) is 4.24. The molecular formula is C23H23N3O3S. The number of aryl methyl sites for hydroxylation is 1. The van der Waals surface area contributed by atoms with Gasteiger partial charge in [0.05, 0.1) is 12.2 Å². The molecule has 0 saturated heterocycles. The van der Waals surface area contributed by atoms with Crippen molar-refractivity contribution in [1.29, 1.82) is 0 Å². The number of carbonyl (C=O) groups excluding carboxylic acids is 1. The van der Waals surface area contributed by atoms with Crippen LogP contribution in [0.4, 0.5) is 5.82 Å². The predicted molar refractivity (Wildman–Crippen MR) is 118 cm³/mol. The molecule has 6 nitrogen and oxygen atoms in total. The highest BCUT2D eigenvalue weighted by atomic mass is 32.2. The molecule has 2 heterocycles. The molecule has 154 valence electrons. The number of carbonyl (C=O) groups is 1. The molecule has 0 radical (unpaired) electrons. The van der Waals surface area contributed by atoms with Gasteiger partial charge in [-0.25, -0.2) is 4.98 Å². The summed E-state index contributed by atoms with van der Waals surface area (Å²) in [5.74, 6) is 1.23. The van der Waals surface area contributed by atoms with Crippen LogP contribution in [0.3, 0.4) is 0 Å². The fraction of sp³-hybridized carbons (Fsp3) is 0.261. The third-order valence-corrected chi connectivity index (χ3v) is 5.94. The number of benzene rings is 2. The molecule has 2 N–H and O–H groups in total. The summed E-state index contributed by atoms with van der Waals surface area (Å²) < 4.78 is 5.58. The third-order valence-electron chi connectivity index (χ3n) is 5.00. The van der Waals surface area contributed by atoms with E-state index in [1.54, 1.807) is 0 Å². The van der Waals surface area contributed by atoms with Crippen molar-refractivity contribution < 1.29 is 9.53 Å². The normalized spacial score (nSPS) is 15.4. The molecule has 0 fully saturated rings. The van der Waals surface area contributed by atoms with Gasteiger partial charge in [-0.1, -0.05) is 53.7 Å². The second-order valence-corrected chi connectivity index (χ2v) is 8.18. The molecule has 2 aromatic carbocycles. The quantitative estimate of drug-likeness (QED) is 0.459. The Balaban J connectivity index is 1.63. The van der Waals surface area contributed by atoms with E-state index in [1.807, 2.05) is 38.1 Å². The first kappa shape index (κ1) is 20.2. The molecule has 0 aliphatic carbocycles. The maximum Gasteiger partial charge on any atom is 0.257 e. The van der Waals surface area contributed by atoms with Crippen molar-refractivity contribution in [1.82, 2.24) is 9.97 Å². The number of aromatic amines is 1. The van der Waals surface area contributed by atoms with Crippen molar-refractivity contribution >= 4 is 23.5 Å². The largest absolute Gasteiger partial charge is 0.494 e. The van der Waals surface area contributed by atoms with Gasteiger partial charge in [0.1, 0.15) is 11.6 Å². The zero-order valence-electron chi connectivity index (χ0n) is 16.9. The Labute approximate surface area is 179 Å². The molecule has 1 aromatic heterocycles. The zero-order valence-corrected chi connectivity index (χ0v) is 17.7. The Morgan fingerprint density at radius 2 is 1.97 bits per heavy atom. The van der Waals surface area contributed by atoms with Crippen LogP contribution in [0.5, 0.6) is 5.75 Å². The number of aromatic nitrogens is 2. The number of thioether (sulfide) groups is 1. The Morgan fingerprint density at radius 1 is 1.17 bits per heavy atom. The van der Waals surface area contributed by atoms with Crippen LogP contribution in [0, 0.1) is 6.92 Å². The molecule has 3 aromatic rings. The van der Waals surface area contributed by atoms with Crippen molar-refractivity contribution in [2.75, 3.05) is 11.9 Å². The Bertz CT molecular complexity index is 1130. The summed E-state index contributed by atoms with van der Waals surface area (Å²) in [6.07, 6.45) is 0.198. The molecule has 4 rings (SSSR count). The molecular weight excluding hydrogens is 398 g/mol. The molecule has 0 unspecified atom stereocenters. The second kappa shape index (κ2) is 8.75. The van der Waals surface area contributed by atoms with Gasteiger partial charge >= 0.3 is 0 Å². The first-order valence-corrected chi connectivity index (χ1v) is 10.9. The number of ether oxygens (including phenoxy) is 1. The number of fused-ring (bicyclic) bond motifs is 1.